The van der Waals surface area contributed by atoms with Crippen LogP contribution in [0, 0.1) is 5.82 Å². The van der Waals surface area contributed by atoms with Crippen LogP contribution < -0.4 is 15.1 Å². The van der Waals surface area contributed by atoms with Gasteiger partial charge in [-0.15, -0.1) is 0 Å². The molecule has 0 aliphatic carbocycles. The fraction of sp³-hybridized carbons (Fsp3) is 0.353. The summed E-state index contributed by atoms with van der Waals surface area (Å²) in [4.78, 5) is 30.9. The van der Waals surface area contributed by atoms with Crippen molar-refractivity contribution in [3.63, 3.8) is 0 Å². The van der Waals surface area contributed by atoms with Crippen LogP contribution >= 0.6 is 0 Å². The number of carbonyl (C=O) groups excluding carboxylic acids is 1. The summed E-state index contributed by atoms with van der Waals surface area (Å²) in [6, 6.07) is 1.02. The Morgan fingerprint density at radius 1 is 1.44 bits per heavy atom. The van der Waals surface area contributed by atoms with Gasteiger partial charge in [0.05, 0.1) is 5.56 Å². The summed E-state index contributed by atoms with van der Waals surface area (Å²) in [5, 5.41) is 12.2. The lowest BCUT2D eigenvalue weighted by Crippen LogP contribution is -2.30. The van der Waals surface area contributed by atoms with Gasteiger partial charge in [0.25, 0.3) is 0 Å². The maximum absolute atomic E-state index is 14.6. The Bertz CT molecular complexity index is 712. The SMILES string of the molecule is C=CN(C)c1nc(N2CCCNCC2)c(F)cc1C(=O)C(=C)C(=O)O. The van der Waals surface area contributed by atoms with Crippen LogP contribution in [0.2, 0.25) is 0 Å². The van der Waals surface area contributed by atoms with E-state index in [0.29, 0.717) is 19.6 Å². The van der Waals surface area contributed by atoms with Gasteiger partial charge >= 0.3 is 5.97 Å². The van der Waals surface area contributed by atoms with Gasteiger partial charge in [-0.1, -0.05) is 13.2 Å². The van der Waals surface area contributed by atoms with E-state index >= 15 is 0 Å². The van der Waals surface area contributed by atoms with Crippen molar-refractivity contribution in [1.29, 1.82) is 0 Å². The molecule has 7 nitrogen and oxygen atoms in total. The van der Waals surface area contributed by atoms with E-state index in [1.807, 2.05) is 0 Å². The average Bonchev–Trinajstić information content (AvgIpc) is 2.88. The van der Waals surface area contributed by atoms with E-state index in [4.69, 9.17) is 5.11 Å². The molecule has 0 spiro atoms. The van der Waals surface area contributed by atoms with Crippen molar-refractivity contribution in [2.75, 3.05) is 43.0 Å². The third kappa shape index (κ3) is 4.03. The van der Waals surface area contributed by atoms with Crippen LogP contribution in [0.25, 0.3) is 0 Å². The van der Waals surface area contributed by atoms with Crippen molar-refractivity contribution in [2.45, 2.75) is 6.42 Å². The van der Waals surface area contributed by atoms with E-state index in [1.165, 1.54) is 11.1 Å². The highest BCUT2D eigenvalue weighted by molar-refractivity contribution is 6.24. The molecule has 0 radical (unpaired) electrons. The third-order valence-corrected chi connectivity index (χ3v) is 3.96. The van der Waals surface area contributed by atoms with Gasteiger partial charge in [-0.3, -0.25) is 4.79 Å². The first-order valence-corrected chi connectivity index (χ1v) is 7.85. The Kier molecular flexibility index (Phi) is 5.87. The first kappa shape index (κ1) is 18.6. The normalized spacial score (nSPS) is 14.6. The maximum Gasteiger partial charge on any atom is 0.339 e. The van der Waals surface area contributed by atoms with Crippen LogP contribution in [0.15, 0.2) is 31.0 Å². The van der Waals surface area contributed by atoms with E-state index in [0.717, 1.165) is 19.0 Å². The molecule has 1 aromatic heterocycles. The van der Waals surface area contributed by atoms with Crippen molar-refractivity contribution < 1.29 is 19.1 Å². The molecule has 1 aliphatic rings. The monoisotopic (exact) mass is 348 g/mol. The van der Waals surface area contributed by atoms with E-state index in [9.17, 15) is 14.0 Å². The highest BCUT2D eigenvalue weighted by Gasteiger charge is 2.26. The Labute approximate surface area is 145 Å². The second kappa shape index (κ2) is 7.89. The standard InChI is InChI=1S/C17H21FN4O3/c1-4-21(3)15-12(14(23)11(2)17(24)25)10-13(18)16(20-15)22-8-5-6-19-7-9-22/h4,10,19H,1-2,5-9H2,3H3,(H,24,25). The Morgan fingerprint density at radius 2 is 2.16 bits per heavy atom. The molecule has 8 heteroatoms. The van der Waals surface area contributed by atoms with Gasteiger partial charge < -0.3 is 20.2 Å². The van der Waals surface area contributed by atoms with Crippen molar-refractivity contribution in [1.82, 2.24) is 10.3 Å². The number of aromatic nitrogens is 1. The molecule has 1 saturated heterocycles. The molecule has 1 aliphatic heterocycles. The lowest BCUT2D eigenvalue weighted by molar-refractivity contribution is -0.132. The summed E-state index contributed by atoms with van der Waals surface area (Å²) in [5.41, 5.74) is -0.810. The Balaban J connectivity index is 2.52. The molecule has 0 atom stereocenters. The summed E-state index contributed by atoms with van der Waals surface area (Å²) >= 11 is 0. The van der Waals surface area contributed by atoms with Gasteiger partial charge in [0.1, 0.15) is 11.4 Å². The Morgan fingerprint density at radius 3 is 2.80 bits per heavy atom. The molecule has 2 heterocycles. The van der Waals surface area contributed by atoms with Crippen LogP contribution in [-0.2, 0) is 4.79 Å². The van der Waals surface area contributed by atoms with Gasteiger partial charge in [-0.25, -0.2) is 14.2 Å². The molecular formula is C17H21FN4O3. The van der Waals surface area contributed by atoms with Crippen LogP contribution in [0.1, 0.15) is 16.8 Å². The highest BCUT2D eigenvalue weighted by Crippen LogP contribution is 2.27. The third-order valence-electron chi connectivity index (χ3n) is 3.96. The second-order valence-corrected chi connectivity index (χ2v) is 5.66. The predicted octanol–water partition coefficient (Wildman–Crippen LogP) is 1.42. The van der Waals surface area contributed by atoms with Crippen LogP contribution in [0.3, 0.4) is 0 Å². The predicted molar refractivity (Wildman–Crippen MR) is 93.6 cm³/mol. The summed E-state index contributed by atoms with van der Waals surface area (Å²) in [7, 11) is 1.60. The number of nitrogens with one attached hydrogen (secondary N) is 1. The minimum absolute atomic E-state index is 0.130. The van der Waals surface area contributed by atoms with E-state index in [-0.39, 0.29) is 17.2 Å². The number of anilines is 2. The molecule has 0 saturated carbocycles. The number of carbonyl (C=O) groups is 2. The van der Waals surface area contributed by atoms with Crippen LogP contribution in [-0.4, -0.2) is 55.1 Å². The molecule has 1 fully saturated rings. The molecule has 1 aromatic rings. The summed E-state index contributed by atoms with van der Waals surface area (Å²) in [6.45, 7) is 9.61. The minimum atomic E-state index is -1.46. The molecular weight excluding hydrogens is 327 g/mol. The van der Waals surface area contributed by atoms with E-state index < -0.39 is 23.1 Å². The largest absolute Gasteiger partial charge is 0.478 e. The Hall–Kier alpha value is -2.74. The fourth-order valence-electron chi connectivity index (χ4n) is 2.53. The van der Waals surface area contributed by atoms with Gasteiger partial charge in [0.2, 0.25) is 5.78 Å². The van der Waals surface area contributed by atoms with Gasteiger partial charge in [0, 0.05) is 26.7 Å². The number of hydrogen-bond donors (Lipinski definition) is 2. The number of carboxylic acid groups (broad SMARTS) is 1. The lowest BCUT2D eigenvalue weighted by Gasteiger charge is -2.25. The number of Topliss-reactive ketones (excluding diaryl/α,β-unsaturated/α-hetero) is 1. The number of hydrogen-bond acceptors (Lipinski definition) is 6. The zero-order valence-electron chi connectivity index (χ0n) is 14.1. The molecule has 2 N–H and O–H groups in total. The van der Waals surface area contributed by atoms with Crippen LogP contribution in [0.5, 0.6) is 0 Å². The van der Waals surface area contributed by atoms with Crippen molar-refractivity contribution in [3.05, 3.63) is 42.4 Å². The number of nitrogens with zero attached hydrogens (tertiary/aromatic N) is 3. The van der Waals surface area contributed by atoms with Crippen molar-refractivity contribution >= 4 is 23.4 Å². The second-order valence-electron chi connectivity index (χ2n) is 5.66. The highest BCUT2D eigenvalue weighted by atomic mass is 19.1. The fourth-order valence-corrected chi connectivity index (χ4v) is 2.53. The molecule has 0 unspecified atom stereocenters. The first-order chi connectivity index (χ1) is 11.9. The summed E-state index contributed by atoms with van der Waals surface area (Å²) in [6.07, 6.45) is 2.25. The number of pyridine rings is 1. The zero-order chi connectivity index (χ0) is 18.6. The lowest BCUT2D eigenvalue weighted by atomic mass is 10.0. The van der Waals surface area contributed by atoms with E-state index in [1.54, 1.807) is 11.9 Å². The number of carboxylic acids is 1. The smallest absolute Gasteiger partial charge is 0.339 e. The van der Waals surface area contributed by atoms with E-state index in [2.05, 4.69) is 23.5 Å². The number of aliphatic carboxylic acids is 1. The van der Waals surface area contributed by atoms with Gasteiger partial charge in [0.15, 0.2) is 11.6 Å². The number of rotatable bonds is 6. The average molecular weight is 348 g/mol. The van der Waals surface area contributed by atoms with Gasteiger partial charge in [-0.05, 0) is 25.2 Å². The minimum Gasteiger partial charge on any atom is -0.478 e. The molecule has 134 valence electrons. The number of ketones is 1. The molecule has 0 aromatic carbocycles. The maximum atomic E-state index is 14.6. The molecule has 25 heavy (non-hydrogen) atoms. The molecule has 0 amide bonds. The summed E-state index contributed by atoms with van der Waals surface area (Å²) < 4.78 is 14.6. The molecule has 0 bridgehead atoms. The van der Waals surface area contributed by atoms with Crippen molar-refractivity contribution in [3.8, 4) is 0 Å². The number of halogens is 1. The topological polar surface area (TPSA) is 85.8 Å². The summed E-state index contributed by atoms with van der Waals surface area (Å²) in [5.74, 6) is -2.75. The van der Waals surface area contributed by atoms with Crippen molar-refractivity contribution in [2.24, 2.45) is 0 Å². The zero-order valence-corrected chi connectivity index (χ0v) is 14.1. The first-order valence-electron chi connectivity index (χ1n) is 7.85. The van der Waals surface area contributed by atoms with Crippen LogP contribution in [0.4, 0.5) is 16.0 Å². The van der Waals surface area contributed by atoms with Gasteiger partial charge in [-0.2, -0.15) is 0 Å². The molecule has 2 rings (SSSR count). The quantitative estimate of drug-likeness (QED) is 0.348.